The number of nitrogens with zero attached hydrogens (tertiary/aromatic N) is 3. The first-order valence-corrected chi connectivity index (χ1v) is 15.8. The van der Waals surface area contributed by atoms with Gasteiger partial charge < -0.3 is 0 Å². The van der Waals surface area contributed by atoms with E-state index >= 15 is 0 Å². The molecule has 1 aliphatic rings. The molecule has 0 atom stereocenters. The van der Waals surface area contributed by atoms with E-state index < -0.39 is 0 Å². The van der Waals surface area contributed by atoms with Crippen molar-refractivity contribution in [1.82, 2.24) is 14.5 Å². The average Bonchev–Trinajstić information content (AvgIpc) is 3.57. The Balaban J connectivity index is 1.23. The van der Waals surface area contributed by atoms with Gasteiger partial charge in [0.15, 0.2) is 0 Å². The van der Waals surface area contributed by atoms with E-state index in [9.17, 15) is 0 Å². The van der Waals surface area contributed by atoms with Gasteiger partial charge in [-0.3, -0.25) is 4.57 Å². The zero-order valence-corrected chi connectivity index (χ0v) is 25.8. The molecule has 0 aliphatic heterocycles. The molecule has 0 fully saturated rings. The number of para-hydroxylation sites is 1. The van der Waals surface area contributed by atoms with Crippen molar-refractivity contribution in [3.63, 3.8) is 0 Å². The van der Waals surface area contributed by atoms with Crippen LogP contribution in [0.2, 0.25) is 0 Å². The number of benzene rings is 5. The molecular weight excluding hydrogens is 558 g/mol. The summed E-state index contributed by atoms with van der Waals surface area (Å²) in [6, 6.07) is 51.7. The number of pyridine rings is 2. The molecule has 218 valence electrons. The fraction of sp³-hybridized carbons (Fsp3) is 0.0698. The van der Waals surface area contributed by atoms with Gasteiger partial charge in [0.1, 0.15) is 5.82 Å². The molecule has 5 aromatic carbocycles. The van der Waals surface area contributed by atoms with Crippen molar-refractivity contribution in [3.05, 3.63) is 163 Å². The lowest BCUT2D eigenvalue weighted by molar-refractivity contribution is 0.663. The summed E-state index contributed by atoms with van der Waals surface area (Å²) in [5.74, 6) is 0.913. The molecule has 0 bridgehead atoms. The minimum atomic E-state index is -0.143. The maximum atomic E-state index is 5.17. The van der Waals surface area contributed by atoms with Crippen LogP contribution < -0.4 is 0 Å². The monoisotopic (exact) mass is 589 g/mol. The molecule has 0 spiro atoms. The standard InChI is InChI=1S/C43H31N3/c1-43(2)36-19-11-9-17-32(36)34-22-23-35-33-18-10-12-20-39(33)46(42(35)41(34)43)40-24-21-30(27-44-40)31-25-37(28-13-5-3-6-14-28)45-38(26-31)29-15-7-4-8-16-29/h3-27H,1-2H3. The smallest absolute Gasteiger partial charge is 0.137 e. The van der Waals surface area contributed by atoms with Gasteiger partial charge >= 0.3 is 0 Å². The third-order valence-corrected chi connectivity index (χ3v) is 9.63. The maximum Gasteiger partial charge on any atom is 0.137 e. The topological polar surface area (TPSA) is 30.7 Å². The molecule has 9 rings (SSSR count). The van der Waals surface area contributed by atoms with Gasteiger partial charge in [-0.15, -0.1) is 0 Å². The summed E-state index contributed by atoms with van der Waals surface area (Å²) in [5, 5.41) is 2.50. The van der Waals surface area contributed by atoms with Gasteiger partial charge in [0, 0.05) is 39.1 Å². The van der Waals surface area contributed by atoms with Crippen molar-refractivity contribution in [1.29, 1.82) is 0 Å². The Bertz CT molecular complexity index is 2360. The molecule has 0 amide bonds. The molecule has 0 saturated carbocycles. The van der Waals surface area contributed by atoms with Crippen molar-refractivity contribution in [2.75, 3.05) is 0 Å². The van der Waals surface area contributed by atoms with Crippen LogP contribution in [0.15, 0.2) is 152 Å². The Morgan fingerprint density at radius 2 is 1.17 bits per heavy atom. The lowest BCUT2D eigenvalue weighted by Crippen LogP contribution is -2.16. The van der Waals surface area contributed by atoms with Crippen LogP contribution in [0.3, 0.4) is 0 Å². The van der Waals surface area contributed by atoms with Crippen molar-refractivity contribution in [2.24, 2.45) is 0 Å². The number of aromatic nitrogens is 3. The molecule has 46 heavy (non-hydrogen) atoms. The van der Waals surface area contributed by atoms with Gasteiger partial charge in [0.05, 0.1) is 22.4 Å². The third kappa shape index (κ3) is 3.98. The highest BCUT2D eigenvalue weighted by Gasteiger charge is 2.38. The predicted octanol–water partition coefficient (Wildman–Crippen LogP) is 10.9. The van der Waals surface area contributed by atoms with E-state index in [-0.39, 0.29) is 5.41 Å². The van der Waals surface area contributed by atoms with Gasteiger partial charge in [0.25, 0.3) is 0 Å². The second kappa shape index (κ2) is 10.1. The summed E-state index contributed by atoms with van der Waals surface area (Å²) in [6.45, 7) is 4.71. The fourth-order valence-electron chi connectivity index (χ4n) is 7.45. The lowest BCUT2D eigenvalue weighted by Gasteiger charge is -2.23. The normalized spacial score (nSPS) is 13.2. The zero-order valence-electron chi connectivity index (χ0n) is 25.8. The van der Waals surface area contributed by atoms with E-state index in [1.807, 2.05) is 18.3 Å². The van der Waals surface area contributed by atoms with Crippen LogP contribution in [0.1, 0.15) is 25.0 Å². The number of hydrogen-bond acceptors (Lipinski definition) is 2. The van der Waals surface area contributed by atoms with Crippen LogP contribution in [0, 0.1) is 0 Å². The van der Waals surface area contributed by atoms with Crippen LogP contribution in [0.25, 0.3) is 72.4 Å². The summed E-state index contributed by atoms with van der Waals surface area (Å²) in [5.41, 5.74) is 13.9. The second-order valence-electron chi connectivity index (χ2n) is 12.7. The molecule has 0 saturated heterocycles. The van der Waals surface area contributed by atoms with Crippen LogP contribution in [0.4, 0.5) is 0 Å². The first-order valence-electron chi connectivity index (χ1n) is 15.8. The fourth-order valence-corrected chi connectivity index (χ4v) is 7.45. The summed E-state index contributed by atoms with van der Waals surface area (Å²) in [4.78, 5) is 10.2. The predicted molar refractivity (Wildman–Crippen MR) is 190 cm³/mol. The Hall–Kier alpha value is -5.80. The quantitative estimate of drug-likeness (QED) is 0.204. The molecule has 3 aromatic heterocycles. The molecule has 8 aromatic rings. The number of rotatable bonds is 4. The SMILES string of the molecule is CC1(C)c2ccccc2-c2ccc3c4ccccc4n(-c4ccc(-c5cc(-c6ccccc6)nc(-c6ccccc6)c5)cn4)c3c21. The van der Waals surface area contributed by atoms with E-state index in [4.69, 9.17) is 9.97 Å². The van der Waals surface area contributed by atoms with Gasteiger partial charge in [-0.25, -0.2) is 9.97 Å². The Labute approximate surface area is 268 Å². The molecule has 0 N–H and O–H groups in total. The highest BCUT2D eigenvalue weighted by atomic mass is 15.1. The number of fused-ring (bicyclic) bond motifs is 7. The van der Waals surface area contributed by atoms with Crippen molar-refractivity contribution >= 4 is 21.8 Å². The molecule has 3 heterocycles. The van der Waals surface area contributed by atoms with Crippen LogP contribution in [-0.4, -0.2) is 14.5 Å². The van der Waals surface area contributed by atoms with Crippen molar-refractivity contribution in [2.45, 2.75) is 19.3 Å². The lowest BCUT2D eigenvalue weighted by atomic mass is 9.81. The highest BCUT2D eigenvalue weighted by Crippen LogP contribution is 2.52. The second-order valence-corrected chi connectivity index (χ2v) is 12.7. The molecule has 3 heteroatoms. The number of hydrogen-bond donors (Lipinski definition) is 0. The molecule has 1 aliphatic carbocycles. The van der Waals surface area contributed by atoms with E-state index in [0.717, 1.165) is 39.5 Å². The molecule has 3 nitrogen and oxygen atoms in total. The van der Waals surface area contributed by atoms with E-state index in [1.54, 1.807) is 0 Å². The van der Waals surface area contributed by atoms with Crippen LogP contribution in [0.5, 0.6) is 0 Å². The average molecular weight is 590 g/mol. The Morgan fingerprint density at radius 1 is 0.522 bits per heavy atom. The summed E-state index contributed by atoms with van der Waals surface area (Å²) < 4.78 is 2.37. The molecule has 0 unspecified atom stereocenters. The van der Waals surface area contributed by atoms with E-state index in [2.05, 4.69) is 152 Å². The first-order chi connectivity index (χ1) is 22.6. The zero-order chi connectivity index (χ0) is 30.8. The van der Waals surface area contributed by atoms with Gasteiger partial charge in [-0.2, -0.15) is 0 Å². The minimum Gasteiger partial charge on any atom is -0.293 e. The molecule has 0 radical (unpaired) electrons. The van der Waals surface area contributed by atoms with Crippen LogP contribution in [-0.2, 0) is 5.41 Å². The summed E-state index contributed by atoms with van der Waals surface area (Å²) in [7, 11) is 0. The Morgan fingerprint density at radius 3 is 1.87 bits per heavy atom. The highest BCUT2D eigenvalue weighted by molar-refractivity contribution is 6.13. The van der Waals surface area contributed by atoms with E-state index in [0.29, 0.717) is 0 Å². The van der Waals surface area contributed by atoms with Gasteiger partial charge in [0.2, 0.25) is 0 Å². The third-order valence-electron chi connectivity index (χ3n) is 9.63. The van der Waals surface area contributed by atoms with Crippen molar-refractivity contribution < 1.29 is 0 Å². The summed E-state index contributed by atoms with van der Waals surface area (Å²) in [6.07, 6.45) is 2.01. The van der Waals surface area contributed by atoms with Gasteiger partial charge in [-0.05, 0) is 58.1 Å². The van der Waals surface area contributed by atoms with Crippen LogP contribution >= 0.6 is 0 Å². The molecular formula is C43H31N3. The summed E-state index contributed by atoms with van der Waals surface area (Å²) >= 11 is 0. The van der Waals surface area contributed by atoms with E-state index in [1.165, 1.54) is 44.1 Å². The first kappa shape index (κ1) is 26.6. The maximum absolute atomic E-state index is 5.17. The van der Waals surface area contributed by atoms with Crippen molar-refractivity contribution in [3.8, 4) is 50.6 Å². The Kier molecular flexibility index (Phi) is 5.85. The minimum absolute atomic E-state index is 0.143. The largest absolute Gasteiger partial charge is 0.293 e. The van der Waals surface area contributed by atoms with Gasteiger partial charge in [-0.1, -0.05) is 129 Å².